The normalized spacial score (nSPS) is 19.3. The average Bonchev–Trinajstić information content (AvgIpc) is 2.86. The van der Waals surface area contributed by atoms with Gasteiger partial charge in [-0.1, -0.05) is 87.4 Å². The number of allylic oxidation sites excluding steroid dienone is 1. The molecule has 2 atom stereocenters. The molecule has 0 heterocycles. The molecule has 0 amide bonds. The molecule has 4 rings (SSSR count). The van der Waals surface area contributed by atoms with Gasteiger partial charge in [-0.15, -0.1) is 9.24 Å². The van der Waals surface area contributed by atoms with E-state index in [2.05, 4.69) is 78.6 Å². The molecule has 0 radical (unpaired) electrons. The van der Waals surface area contributed by atoms with Gasteiger partial charge >= 0.3 is 0 Å². The van der Waals surface area contributed by atoms with Crippen LogP contribution in [0.5, 0.6) is 11.5 Å². The van der Waals surface area contributed by atoms with Crippen LogP contribution in [0.2, 0.25) is 0 Å². The van der Waals surface area contributed by atoms with Crippen molar-refractivity contribution in [3.8, 4) is 33.8 Å². The summed E-state index contributed by atoms with van der Waals surface area (Å²) in [5, 5.41) is 10.7. The summed E-state index contributed by atoms with van der Waals surface area (Å²) >= 11 is 0. The number of benzene rings is 3. The lowest BCUT2D eigenvalue weighted by molar-refractivity contribution is 0.219. The van der Waals surface area contributed by atoms with Crippen LogP contribution in [0.15, 0.2) is 66.7 Å². The fourth-order valence-electron chi connectivity index (χ4n) is 4.63. The average molecular weight is 473 g/mol. The van der Waals surface area contributed by atoms with E-state index in [4.69, 9.17) is 4.74 Å². The van der Waals surface area contributed by atoms with Crippen LogP contribution >= 0.6 is 9.24 Å². The summed E-state index contributed by atoms with van der Waals surface area (Å²) in [6.07, 6.45) is 11.1. The van der Waals surface area contributed by atoms with Crippen molar-refractivity contribution in [1.82, 2.24) is 0 Å². The SMILES string of the molecule is CCC(C)Oc1c(/C=C/C2CCC(C)CC2)ccc(-c2ccc(-c3ccc(O)cc3)cc2)c1P. The molecule has 34 heavy (non-hydrogen) atoms. The third kappa shape index (κ3) is 5.91. The van der Waals surface area contributed by atoms with E-state index < -0.39 is 0 Å². The van der Waals surface area contributed by atoms with Crippen molar-refractivity contribution in [1.29, 1.82) is 0 Å². The van der Waals surface area contributed by atoms with Gasteiger partial charge in [0.2, 0.25) is 0 Å². The van der Waals surface area contributed by atoms with Gasteiger partial charge in [-0.25, -0.2) is 0 Å². The molecule has 1 saturated carbocycles. The Morgan fingerprint density at radius 2 is 1.50 bits per heavy atom. The van der Waals surface area contributed by atoms with Gasteiger partial charge < -0.3 is 9.84 Å². The van der Waals surface area contributed by atoms with E-state index in [0.29, 0.717) is 5.92 Å². The zero-order chi connectivity index (χ0) is 24.1. The molecule has 0 aromatic heterocycles. The van der Waals surface area contributed by atoms with Crippen LogP contribution in [0.1, 0.15) is 58.4 Å². The quantitative estimate of drug-likeness (QED) is 0.351. The maximum atomic E-state index is 9.56. The van der Waals surface area contributed by atoms with E-state index >= 15 is 0 Å². The minimum absolute atomic E-state index is 0.161. The summed E-state index contributed by atoms with van der Waals surface area (Å²) in [6, 6.07) is 20.4. The van der Waals surface area contributed by atoms with E-state index in [9.17, 15) is 5.11 Å². The van der Waals surface area contributed by atoms with Gasteiger partial charge in [-0.2, -0.15) is 0 Å². The molecule has 3 heteroatoms. The molecule has 1 fully saturated rings. The molecule has 2 unspecified atom stereocenters. The first kappa shape index (κ1) is 24.6. The Balaban J connectivity index is 1.62. The first-order valence-corrected chi connectivity index (χ1v) is 13.2. The molecule has 0 aliphatic heterocycles. The minimum Gasteiger partial charge on any atom is -0.508 e. The predicted octanol–water partition coefficient (Wildman–Crippen LogP) is 8.24. The third-order valence-electron chi connectivity index (χ3n) is 7.13. The molecule has 3 aromatic rings. The summed E-state index contributed by atoms with van der Waals surface area (Å²) < 4.78 is 6.45. The van der Waals surface area contributed by atoms with Crippen molar-refractivity contribution in [3.05, 3.63) is 72.3 Å². The number of phenolic OH excluding ortho intramolecular Hbond substituents is 1. The molecule has 2 nitrogen and oxygen atoms in total. The Bertz CT molecular complexity index is 1110. The highest BCUT2D eigenvalue weighted by molar-refractivity contribution is 7.28. The monoisotopic (exact) mass is 472 g/mol. The lowest BCUT2D eigenvalue weighted by Gasteiger charge is -2.24. The van der Waals surface area contributed by atoms with Gasteiger partial charge in [0.15, 0.2) is 0 Å². The number of rotatable bonds is 7. The molecule has 1 aliphatic rings. The topological polar surface area (TPSA) is 29.5 Å². The second-order valence-electron chi connectivity index (χ2n) is 9.79. The van der Waals surface area contributed by atoms with Crippen LogP contribution in [-0.4, -0.2) is 11.2 Å². The Labute approximate surface area is 207 Å². The van der Waals surface area contributed by atoms with Gasteiger partial charge in [0.05, 0.1) is 6.10 Å². The van der Waals surface area contributed by atoms with Gasteiger partial charge in [-0.05, 0) is 72.4 Å². The highest BCUT2D eigenvalue weighted by Crippen LogP contribution is 2.33. The molecule has 1 N–H and O–H groups in total. The summed E-state index contributed by atoms with van der Waals surface area (Å²) in [5.74, 6) is 2.80. The van der Waals surface area contributed by atoms with Gasteiger partial charge in [-0.3, -0.25) is 0 Å². The minimum atomic E-state index is 0.161. The smallest absolute Gasteiger partial charge is 0.134 e. The Morgan fingerprint density at radius 1 is 0.912 bits per heavy atom. The number of phenols is 1. The largest absolute Gasteiger partial charge is 0.508 e. The standard InChI is InChI=1S/C31H37O2P/c1-4-22(3)33-30-27(10-9-23-7-5-21(2)6-8-23)17-20-29(31(30)34)26-13-11-24(12-14-26)25-15-18-28(32)19-16-25/h9-23,32H,4-8,34H2,1-3H3/b10-9+. The van der Waals surface area contributed by atoms with Crippen molar-refractivity contribution in [3.63, 3.8) is 0 Å². The van der Waals surface area contributed by atoms with Crippen LogP contribution < -0.4 is 10.0 Å². The lowest BCUT2D eigenvalue weighted by atomic mass is 9.83. The summed E-state index contributed by atoms with van der Waals surface area (Å²) in [6.45, 7) is 6.67. The fraction of sp³-hybridized carbons (Fsp3) is 0.355. The Hall–Kier alpha value is -2.57. The highest BCUT2D eigenvalue weighted by atomic mass is 31.0. The van der Waals surface area contributed by atoms with Crippen LogP contribution in [0, 0.1) is 11.8 Å². The number of aromatic hydroxyl groups is 1. The van der Waals surface area contributed by atoms with Crippen molar-refractivity contribution in [2.75, 3.05) is 0 Å². The van der Waals surface area contributed by atoms with E-state index in [-0.39, 0.29) is 11.9 Å². The van der Waals surface area contributed by atoms with Gasteiger partial charge in [0.25, 0.3) is 0 Å². The van der Waals surface area contributed by atoms with Crippen molar-refractivity contribution < 1.29 is 9.84 Å². The van der Waals surface area contributed by atoms with Gasteiger partial charge in [0, 0.05) is 10.9 Å². The number of hydrogen-bond acceptors (Lipinski definition) is 2. The summed E-state index contributed by atoms with van der Waals surface area (Å²) in [7, 11) is 2.94. The molecule has 0 spiro atoms. The van der Waals surface area contributed by atoms with Crippen LogP contribution in [-0.2, 0) is 0 Å². The molecule has 178 valence electrons. The fourth-order valence-corrected chi connectivity index (χ4v) is 5.13. The Morgan fingerprint density at radius 3 is 2.12 bits per heavy atom. The number of hydrogen-bond donors (Lipinski definition) is 1. The maximum Gasteiger partial charge on any atom is 0.134 e. The van der Waals surface area contributed by atoms with Crippen molar-refractivity contribution in [2.45, 2.75) is 59.0 Å². The highest BCUT2D eigenvalue weighted by Gasteiger charge is 2.17. The van der Waals surface area contributed by atoms with E-state index in [1.807, 2.05) is 12.1 Å². The van der Waals surface area contributed by atoms with Crippen LogP contribution in [0.25, 0.3) is 28.3 Å². The second kappa shape index (κ2) is 11.2. The molecule has 0 bridgehead atoms. The van der Waals surface area contributed by atoms with E-state index in [0.717, 1.165) is 40.1 Å². The summed E-state index contributed by atoms with van der Waals surface area (Å²) in [4.78, 5) is 0. The number of ether oxygens (including phenoxy) is 1. The maximum absolute atomic E-state index is 9.56. The molecule has 1 aliphatic carbocycles. The zero-order valence-electron chi connectivity index (χ0n) is 20.6. The zero-order valence-corrected chi connectivity index (χ0v) is 21.8. The van der Waals surface area contributed by atoms with Gasteiger partial charge in [0.1, 0.15) is 11.5 Å². The molecular weight excluding hydrogens is 435 g/mol. The molecule has 3 aromatic carbocycles. The lowest BCUT2D eigenvalue weighted by Crippen LogP contribution is -2.16. The van der Waals surface area contributed by atoms with Crippen LogP contribution in [0.4, 0.5) is 0 Å². The van der Waals surface area contributed by atoms with Crippen molar-refractivity contribution >= 4 is 20.6 Å². The summed E-state index contributed by atoms with van der Waals surface area (Å²) in [5.41, 5.74) is 5.72. The third-order valence-corrected chi connectivity index (χ3v) is 7.70. The van der Waals surface area contributed by atoms with Crippen LogP contribution in [0.3, 0.4) is 0 Å². The van der Waals surface area contributed by atoms with Crippen molar-refractivity contribution in [2.24, 2.45) is 11.8 Å². The second-order valence-corrected chi connectivity index (χ2v) is 10.4. The molecular formula is C31H37O2P. The first-order valence-electron chi connectivity index (χ1n) is 12.6. The first-order chi connectivity index (χ1) is 16.4. The predicted molar refractivity (Wildman–Crippen MR) is 149 cm³/mol. The van der Waals surface area contributed by atoms with E-state index in [1.54, 1.807) is 12.1 Å². The Kier molecular flexibility index (Phi) is 8.11. The molecule has 0 saturated heterocycles. The van der Waals surface area contributed by atoms with E-state index in [1.165, 1.54) is 36.8 Å².